The van der Waals surface area contributed by atoms with Gasteiger partial charge in [0.2, 0.25) is 11.8 Å². The van der Waals surface area contributed by atoms with Gasteiger partial charge in [-0.2, -0.15) is 0 Å². The van der Waals surface area contributed by atoms with E-state index in [0.717, 1.165) is 21.7 Å². The SMILES string of the molecule is COc1cccc(-c2nc(COC(=O)CCc3nnc(-c4ccc(C)cc4)o3)cs2)c1OC. The van der Waals surface area contributed by atoms with Crippen LogP contribution in [-0.2, 0) is 22.6 Å². The van der Waals surface area contributed by atoms with E-state index in [4.69, 9.17) is 18.6 Å². The van der Waals surface area contributed by atoms with Crippen molar-refractivity contribution >= 4 is 17.3 Å². The zero-order valence-electron chi connectivity index (χ0n) is 18.5. The molecule has 170 valence electrons. The lowest BCUT2D eigenvalue weighted by atomic mass is 10.1. The third-order valence-electron chi connectivity index (χ3n) is 4.87. The third kappa shape index (κ3) is 5.38. The van der Waals surface area contributed by atoms with E-state index in [9.17, 15) is 4.79 Å². The fourth-order valence-corrected chi connectivity index (χ4v) is 3.98. The molecule has 0 unspecified atom stereocenters. The van der Waals surface area contributed by atoms with Crippen molar-refractivity contribution in [2.24, 2.45) is 0 Å². The number of ether oxygens (including phenoxy) is 3. The van der Waals surface area contributed by atoms with Gasteiger partial charge >= 0.3 is 5.97 Å². The van der Waals surface area contributed by atoms with Gasteiger partial charge in [-0.1, -0.05) is 23.8 Å². The molecule has 0 aliphatic rings. The summed E-state index contributed by atoms with van der Waals surface area (Å²) >= 11 is 1.44. The summed E-state index contributed by atoms with van der Waals surface area (Å²) in [5.74, 6) is 1.70. The monoisotopic (exact) mass is 465 g/mol. The summed E-state index contributed by atoms with van der Waals surface area (Å²) < 4.78 is 21.8. The van der Waals surface area contributed by atoms with Crippen LogP contribution in [0.4, 0.5) is 0 Å². The van der Waals surface area contributed by atoms with Crippen molar-refractivity contribution in [2.75, 3.05) is 14.2 Å². The number of benzene rings is 2. The minimum absolute atomic E-state index is 0.0834. The molecule has 8 nitrogen and oxygen atoms in total. The highest BCUT2D eigenvalue weighted by atomic mass is 32.1. The number of nitrogens with zero attached hydrogens (tertiary/aromatic N) is 3. The quantitative estimate of drug-likeness (QED) is 0.323. The van der Waals surface area contributed by atoms with E-state index in [1.165, 1.54) is 11.3 Å². The summed E-state index contributed by atoms with van der Waals surface area (Å²) in [5, 5.41) is 10.7. The molecular formula is C24H23N3O5S. The van der Waals surface area contributed by atoms with Gasteiger partial charge in [-0.3, -0.25) is 4.79 Å². The Balaban J connectivity index is 1.31. The van der Waals surface area contributed by atoms with Gasteiger partial charge in [-0.15, -0.1) is 21.5 Å². The number of hydrogen-bond acceptors (Lipinski definition) is 9. The highest BCUT2D eigenvalue weighted by molar-refractivity contribution is 7.13. The standard InChI is InChI=1S/C24H23N3O5S/c1-15-7-9-16(10-8-15)23-27-26-20(32-23)11-12-21(28)31-13-17-14-33-24(25-17)18-5-4-6-19(29-2)22(18)30-3/h4-10,14H,11-13H2,1-3H3. The Morgan fingerprint density at radius 2 is 1.88 bits per heavy atom. The Morgan fingerprint density at radius 3 is 2.64 bits per heavy atom. The first-order valence-corrected chi connectivity index (χ1v) is 11.2. The van der Waals surface area contributed by atoms with E-state index in [1.54, 1.807) is 14.2 Å². The molecule has 2 heterocycles. The maximum absolute atomic E-state index is 12.2. The van der Waals surface area contributed by atoms with Crippen LogP contribution >= 0.6 is 11.3 Å². The van der Waals surface area contributed by atoms with Gasteiger partial charge < -0.3 is 18.6 Å². The van der Waals surface area contributed by atoms with Crippen LogP contribution in [0.15, 0.2) is 52.3 Å². The number of esters is 1. The first-order valence-electron chi connectivity index (χ1n) is 10.3. The Morgan fingerprint density at radius 1 is 1.06 bits per heavy atom. The number of hydrogen-bond donors (Lipinski definition) is 0. The van der Waals surface area contributed by atoms with Crippen molar-refractivity contribution in [2.45, 2.75) is 26.4 Å². The highest BCUT2D eigenvalue weighted by Gasteiger charge is 2.16. The van der Waals surface area contributed by atoms with E-state index in [-0.39, 0.29) is 19.0 Å². The summed E-state index contributed by atoms with van der Waals surface area (Å²) in [6.45, 7) is 2.09. The van der Waals surface area contributed by atoms with Crippen LogP contribution in [-0.4, -0.2) is 35.4 Å². The largest absolute Gasteiger partial charge is 0.493 e. The van der Waals surface area contributed by atoms with E-state index < -0.39 is 0 Å². The Bertz CT molecular complexity index is 1230. The molecule has 0 aliphatic carbocycles. The van der Waals surface area contributed by atoms with Crippen molar-refractivity contribution in [1.82, 2.24) is 15.2 Å². The van der Waals surface area contributed by atoms with Crippen molar-refractivity contribution in [1.29, 1.82) is 0 Å². The lowest BCUT2D eigenvalue weighted by molar-refractivity contribution is -0.145. The molecule has 9 heteroatoms. The zero-order valence-corrected chi connectivity index (χ0v) is 19.3. The Hall–Kier alpha value is -3.72. The second-order valence-electron chi connectivity index (χ2n) is 7.21. The lowest BCUT2D eigenvalue weighted by Crippen LogP contribution is -2.06. The Kier molecular flexibility index (Phi) is 6.99. The number of thiazole rings is 1. The van der Waals surface area contributed by atoms with Crippen LogP contribution in [0.5, 0.6) is 11.5 Å². The summed E-state index contributed by atoms with van der Waals surface area (Å²) in [7, 11) is 3.18. The van der Waals surface area contributed by atoms with Crippen LogP contribution in [0.2, 0.25) is 0 Å². The number of carbonyl (C=O) groups excluding carboxylic acids is 1. The molecule has 0 spiro atoms. The molecule has 0 fully saturated rings. The molecule has 0 N–H and O–H groups in total. The number of para-hydroxylation sites is 1. The van der Waals surface area contributed by atoms with Gasteiger partial charge in [-0.25, -0.2) is 4.98 Å². The molecule has 0 radical (unpaired) electrons. The van der Waals surface area contributed by atoms with Gasteiger partial charge in [0, 0.05) is 17.4 Å². The second kappa shape index (κ2) is 10.3. The highest BCUT2D eigenvalue weighted by Crippen LogP contribution is 2.39. The van der Waals surface area contributed by atoms with Crippen LogP contribution in [0.3, 0.4) is 0 Å². The van der Waals surface area contributed by atoms with Crippen molar-refractivity contribution in [3.63, 3.8) is 0 Å². The van der Waals surface area contributed by atoms with E-state index in [0.29, 0.717) is 35.4 Å². The van der Waals surface area contributed by atoms with Crippen LogP contribution in [0, 0.1) is 6.92 Å². The molecule has 2 aromatic carbocycles. The molecule has 0 aliphatic heterocycles. The number of methoxy groups -OCH3 is 2. The summed E-state index contributed by atoms with van der Waals surface area (Å²) in [6.07, 6.45) is 0.442. The third-order valence-corrected chi connectivity index (χ3v) is 5.80. The van der Waals surface area contributed by atoms with Gasteiger partial charge in [0.25, 0.3) is 0 Å². The topological polar surface area (TPSA) is 96.6 Å². The molecule has 0 bridgehead atoms. The number of aromatic nitrogens is 3. The molecule has 2 aromatic heterocycles. The lowest BCUT2D eigenvalue weighted by Gasteiger charge is -2.10. The van der Waals surface area contributed by atoms with Crippen molar-refractivity contribution < 1.29 is 23.4 Å². The summed E-state index contributed by atoms with van der Waals surface area (Å²) in [4.78, 5) is 16.8. The maximum Gasteiger partial charge on any atom is 0.306 e. The average molecular weight is 466 g/mol. The predicted molar refractivity (Wildman–Crippen MR) is 123 cm³/mol. The fourth-order valence-electron chi connectivity index (χ4n) is 3.16. The minimum Gasteiger partial charge on any atom is -0.493 e. The van der Waals surface area contributed by atoms with Gasteiger partial charge in [0.1, 0.15) is 11.6 Å². The number of aryl methyl sites for hydroxylation is 2. The predicted octanol–water partition coefficient (Wildman–Crippen LogP) is 4.86. The molecular weight excluding hydrogens is 442 g/mol. The fraction of sp³-hybridized carbons (Fsp3) is 0.250. The number of rotatable bonds is 9. The molecule has 0 saturated heterocycles. The van der Waals surface area contributed by atoms with E-state index in [2.05, 4.69) is 15.2 Å². The number of carbonyl (C=O) groups is 1. The van der Waals surface area contributed by atoms with Gasteiger partial charge in [0.05, 0.1) is 31.9 Å². The van der Waals surface area contributed by atoms with Crippen LogP contribution in [0.1, 0.15) is 23.6 Å². The Labute approximate surface area is 195 Å². The van der Waals surface area contributed by atoms with Crippen molar-refractivity contribution in [3.8, 4) is 33.5 Å². The molecule has 4 rings (SSSR count). The zero-order chi connectivity index (χ0) is 23.2. The average Bonchev–Trinajstić information content (AvgIpc) is 3.51. The first-order chi connectivity index (χ1) is 16.1. The molecule has 0 atom stereocenters. The van der Waals surface area contributed by atoms with Crippen LogP contribution in [0.25, 0.3) is 22.0 Å². The van der Waals surface area contributed by atoms with E-state index >= 15 is 0 Å². The normalized spacial score (nSPS) is 10.8. The molecule has 4 aromatic rings. The minimum atomic E-state index is -0.362. The van der Waals surface area contributed by atoms with Crippen LogP contribution < -0.4 is 9.47 Å². The molecule has 33 heavy (non-hydrogen) atoms. The van der Waals surface area contributed by atoms with Gasteiger partial charge in [-0.05, 0) is 31.2 Å². The second-order valence-corrected chi connectivity index (χ2v) is 8.07. The smallest absolute Gasteiger partial charge is 0.306 e. The van der Waals surface area contributed by atoms with Gasteiger partial charge in [0.15, 0.2) is 11.5 Å². The van der Waals surface area contributed by atoms with E-state index in [1.807, 2.05) is 54.8 Å². The first kappa shape index (κ1) is 22.5. The van der Waals surface area contributed by atoms with Crippen molar-refractivity contribution in [3.05, 3.63) is 65.0 Å². The maximum atomic E-state index is 12.2. The molecule has 0 amide bonds. The molecule has 0 saturated carbocycles. The summed E-state index contributed by atoms with van der Waals surface area (Å²) in [6, 6.07) is 13.4. The summed E-state index contributed by atoms with van der Waals surface area (Å²) in [5.41, 5.74) is 3.47.